The second-order valence-corrected chi connectivity index (χ2v) is 8.12. The van der Waals surface area contributed by atoms with E-state index >= 15 is 0 Å². The summed E-state index contributed by atoms with van der Waals surface area (Å²) in [7, 11) is 0. The van der Waals surface area contributed by atoms with Crippen LogP contribution in [-0.4, -0.2) is 53.1 Å². The van der Waals surface area contributed by atoms with E-state index in [2.05, 4.69) is 39.4 Å². The Labute approximate surface area is 155 Å². The van der Waals surface area contributed by atoms with Gasteiger partial charge in [0.1, 0.15) is 5.82 Å². The standard InChI is InChI=1S/C21H29N5/c1-2-6-17(7-3-1)25-12-14-26(15-13-25)21-23-19-9-5-4-8-18(19)20(24-21)22-16-10-11-16/h4-5,8-9,16-17H,1-3,6-7,10-15H2,(H,22,23,24). The van der Waals surface area contributed by atoms with E-state index in [1.807, 2.05) is 0 Å². The Balaban J connectivity index is 1.34. The van der Waals surface area contributed by atoms with Crippen molar-refractivity contribution in [1.29, 1.82) is 0 Å². The number of rotatable bonds is 4. The fourth-order valence-electron chi connectivity index (χ4n) is 4.47. The van der Waals surface area contributed by atoms with Crippen molar-refractivity contribution in [2.24, 2.45) is 0 Å². The smallest absolute Gasteiger partial charge is 0.227 e. The van der Waals surface area contributed by atoms with Crippen molar-refractivity contribution in [2.45, 2.75) is 57.0 Å². The number of anilines is 2. The zero-order valence-corrected chi connectivity index (χ0v) is 15.5. The van der Waals surface area contributed by atoms with Gasteiger partial charge in [0.2, 0.25) is 5.95 Å². The number of hydrogen-bond donors (Lipinski definition) is 1. The largest absolute Gasteiger partial charge is 0.367 e. The van der Waals surface area contributed by atoms with Gasteiger partial charge >= 0.3 is 0 Å². The molecule has 2 aromatic rings. The lowest BCUT2D eigenvalue weighted by atomic mass is 9.94. The molecule has 0 bridgehead atoms. The Morgan fingerprint density at radius 3 is 2.38 bits per heavy atom. The summed E-state index contributed by atoms with van der Waals surface area (Å²) in [6.07, 6.45) is 9.55. The molecule has 0 amide bonds. The van der Waals surface area contributed by atoms with Crippen molar-refractivity contribution in [3.05, 3.63) is 24.3 Å². The van der Waals surface area contributed by atoms with E-state index in [1.54, 1.807) is 0 Å². The van der Waals surface area contributed by atoms with Crippen LogP contribution in [0.5, 0.6) is 0 Å². The first-order valence-corrected chi connectivity index (χ1v) is 10.4. The summed E-state index contributed by atoms with van der Waals surface area (Å²) in [5.74, 6) is 1.91. The van der Waals surface area contributed by atoms with Crippen molar-refractivity contribution in [1.82, 2.24) is 14.9 Å². The number of fused-ring (bicyclic) bond motifs is 1. The number of benzene rings is 1. The first kappa shape index (κ1) is 16.3. The van der Waals surface area contributed by atoms with Crippen molar-refractivity contribution in [3.63, 3.8) is 0 Å². The molecule has 5 rings (SSSR count). The maximum absolute atomic E-state index is 4.93. The van der Waals surface area contributed by atoms with E-state index < -0.39 is 0 Å². The number of hydrogen-bond acceptors (Lipinski definition) is 5. The van der Waals surface area contributed by atoms with Gasteiger partial charge in [-0.1, -0.05) is 31.4 Å². The van der Waals surface area contributed by atoms with Crippen LogP contribution in [0.2, 0.25) is 0 Å². The highest BCUT2D eigenvalue weighted by atomic mass is 15.3. The molecule has 3 aliphatic rings. The molecule has 3 fully saturated rings. The Kier molecular flexibility index (Phi) is 4.41. The third kappa shape index (κ3) is 3.37. The second kappa shape index (κ2) is 7.03. The maximum Gasteiger partial charge on any atom is 0.227 e. The third-order valence-corrected chi connectivity index (χ3v) is 6.20. The first-order chi connectivity index (χ1) is 12.9. The fraction of sp³-hybridized carbons (Fsp3) is 0.619. The molecule has 5 heteroatoms. The molecule has 2 aliphatic carbocycles. The molecule has 0 unspecified atom stereocenters. The molecule has 1 aliphatic heterocycles. The molecular formula is C21H29N5. The molecule has 1 N–H and O–H groups in total. The molecule has 5 nitrogen and oxygen atoms in total. The summed E-state index contributed by atoms with van der Waals surface area (Å²) in [6, 6.07) is 9.80. The normalized spacial score (nSPS) is 22.7. The van der Waals surface area contributed by atoms with Crippen LogP contribution in [-0.2, 0) is 0 Å². The van der Waals surface area contributed by atoms with Crippen LogP contribution in [0.3, 0.4) is 0 Å². The average Bonchev–Trinajstić information content (AvgIpc) is 3.53. The number of para-hydroxylation sites is 1. The Morgan fingerprint density at radius 2 is 1.62 bits per heavy atom. The summed E-state index contributed by atoms with van der Waals surface area (Å²) in [4.78, 5) is 14.9. The summed E-state index contributed by atoms with van der Waals surface area (Å²) < 4.78 is 0. The average molecular weight is 351 g/mol. The maximum atomic E-state index is 4.93. The van der Waals surface area contributed by atoms with E-state index in [4.69, 9.17) is 9.97 Å². The molecule has 0 atom stereocenters. The van der Waals surface area contributed by atoms with Crippen LogP contribution in [0.15, 0.2) is 24.3 Å². The molecule has 2 saturated carbocycles. The van der Waals surface area contributed by atoms with Crippen LogP contribution < -0.4 is 10.2 Å². The highest BCUT2D eigenvalue weighted by Gasteiger charge is 2.27. The van der Waals surface area contributed by atoms with Gasteiger partial charge in [-0.15, -0.1) is 0 Å². The van der Waals surface area contributed by atoms with Crippen molar-refractivity contribution in [2.75, 3.05) is 36.4 Å². The van der Waals surface area contributed by atoms with Crippen LogP contribution in [0.4, 0.5) is 11.8 Å². The number of nitrogens with zero attached hydrogens (tertiary/aromatic N) is 4. The number of piperazine rings is 1. The van der Waals surface area contributed by atoms with E-state index in [9.17, 15) is 0 Å². The van der Waals surface area contributed by atoms with Crippen LogP contribution in [0, 0.1) is 0 Å². The fourth-order valence-corrected chi connectivity index (χ4v) is 4.47. The summed E-state index contributed by atoms with van der Waals surface area (Å²) >= 11 is 0. The van der Waals surface area contributed by atoms with Gasteiger partial charge in [-0.3, -0.25) is 4.90 Å². The number of nitrogens with one attached hydrogen (secondary N) is 1. The van der Waals surface area contributed by atoms with E-state index in [1.165, 1.54) is 44.9 Å². The van der Waals surface area contributed by atoms with E-state index in [0.717, 1.165) is 54.9 Å². The number of aromatic nitrogens is 2. The van der Waals surface area contributed by atoms with Gasteiger partial charge in [0.05, 0.1) is 5.52 Å². The zero-order chi connectivity index (χ0) is 17.3. The van der Waals surface area contributed by atoms with Crippen LogP contribution in [0.25, 0.3) is 10.9 Å². The Morgan fingerprint density at radius 1 is 0.846 bits per heavy atom. The van der Waals surface area contributed by atoms with Crippen LogP contribution in [0.1, 0.15) is 44.9 Å². The van der Waals surface area contributed by atoms with Gasteiger partial charge in [-0.05, 0) is 37.8 Å². The minimum atomic E-state index is 0.601. The van der Waals surface area contributed by atoms with Crippen molar-refractivity contribution >= 4 is 22.7 Å². The lowest BCUT2D eigenvalue weighted by Crippen LogP contribution is -2.51. The molecule has 2 heterocycles. The minimum absolute atomic E-state index is 0.601. The molecular weight excluding hydrogens is 322 g/mol. The SMILES string of the molecule is c1ccc2c(NC3CC3)nc(N3CCN(C4CCCCC4)CC3)nc2c1. The van der Waals surface area contributed by atoms with Gasteiger partial charge in [0.15, 0.2) is 0 Å². The van der Waals surface area contributed by atoms with E-state index in [-0.39, 0.29) is 0 Å². The summed E-state index contributed by atoms with van der Waals surface area (Å²) in [5, 5.41) is 4.75. The highest BCUT2D eigenvalue weighted by Crippen LogP contribution is 2.30. The highest BCUT2D eigenvalue weighted by molar-refractivity contribution is 5.90. The lowest BCUT2D eigenvalue weighted by molar-refractivity contribution is 0.147. The Bertz CT molecular complexity index is 758. The second-order valence-electron chi connectivity index (χ2n) is 8.12. The van der Waals surface area contributed by atoms with Gasteiger partial charge < -0.3 is 10.2 Å². The van der Waals surface area contributed by atoms with Gasteiger partial charge in [0.25, 0.3) is 0 Å². The van der Waals surface area contributed by atoms with Gasteiger partial charge in [-0.2, -0.15) is 4.98 Å². The lowest BCUT2D eigenvalue weighted by Gasteiger charge is -2.40. The monoisotopic (exact) mass is 351 g/mol. The predicted molar refractivity (Wildman–Crippen MR) is 107 cm³/mol. The molecule has 26 heavy (non-hydrogen) atoms. The first-order valence-electron chi connectivity index (χ1n) is 10.4. The molecule has 1 aromatic heterocycles. The molecule has 1 aromatic carbocycles. The topological polar surface area (TPSA) is 44.3 Å². The predicted octanol–water partition coefficient (Wildman–Crippen LogP) is 3.66. The molecule has 1 saturated heterocycles. The van der Waals surface area contributed by atoms with Crippen molar-refractivity contribution in [3.8, 4) is 0 Å². The molecule has 0 spiro atoms. The van der Waals surface area contributed by atoms with Crippen molar-refractivity contribution < 1.29 is 0 Å². The minimum Gasteiger partial charge on any atom is -0.367 e. The summed E-state index contributed by atoms with van der Waals surface area (Å²) in [5.41, 5.74) is 1.05. The Hall–Kier alpha value is -1.88. The molecule has 138 valence electrons. The third-order valence-electron chi connectivity index (χ3n) is 6.20. The van der Waals surface area contributed by atoms with E-state index in [0.29, 0.717) is 6.04 Å². The zero-order valence-electron chi connectivity index (χ0n) is 15.5. The van der Waals surface area contributed by atoms with Gasteiger partial charge in [-0.25, -0.2) is 4.98 Å². The quantitative estimate of drug-likeness (QED) is 0.911. The summed E-state index contributed by atoms with van der Waals surface area (Å²) in [6.45, 7) is 4.37. The molecule has 0 radical (unpaired) electrons. The van der Waals surface area contributed by atoms with Crippen LogP contribution >= 0.6 is 0 Å². The van der Waals surface area contributed by atoms with Gasteiger partial charge in [0, 0.05) is 43.6 Å².